The van der Waals surface area contributed by atoms with Crippen LogP contribution in [-0.4, -0.2) is 19.1 Å². The fourth-order valence-electron chi connectivity index (χ4n) is 3.24. The van der Waals surface area contributed by atoms with Gasteiger partial charge in [-0.05, 0) is 48.5 Å². The maximum atomic E-state index is 4.62. The van der Waals surface area contributed by atoms with Crippen molar-refractivity contribution < 1.29 is 0 Å². The Balaban J connectivity index is 1.86. The van der Waals surface area contributed by atoms with Gasteiger partial charge in [-0.1, -0.05) is 0 Å². The van der Waals surface area contributed by atoms with Gasteiger partial charge in [-0.3, -0.25) is 9.97 Å². The van der Waals surface area contributed by atoms with Gasteiger partial charge in [0, 0.05) is 48.0 Å². The number of fused-ring (bicyclic) bond motifs is 3. The highest BCUT2D eigenvalue weighted by molar-refractivity contribution is 6.07. The predicted molar refractivity (Wildman–Crippen MR) is 95.7 cm³/mol. The Morgan fingerprint density at radius 1 is 0.542 bits per heavy atom. The first-order chi connectivity index (χ1) is 11.9. The second kappa shape index (κ2) is 5.06. The Kier molecular flexibility index (Phi) is 2.76. The summed E-state index contributed by atoms with van der Waals surface area (Å²) in [7, 11) is 0. The molecule has 114 valence electrons. The Morgan fingerprint density at radius 3 is 1.38 bits per heavy atom. The molecule has 0 saturated heterocycles. The SMILES string of the molecule is c1ccn(-c2ccnc3c2ccc2c(-n4cccc4)ccnc23)c1. The Bertz CT molecular complexity index is 1050. The molecular formula is C20H14N4. The summed E-state index contributed by atoms with van der Waals surface area (Å²) in [5.41, 5.74) is 4.07. The second-order valence-corrected chi connectivity index (χ2v) is 5.70. The first-order valence-corrected chi connectivity index (χ1v) is 7.85. The molecule has 4 aromatic heterocycles. The van der Waals surface area contributed by atoms with E-state index in [-0.39, 0.29) is 0 Å². The summed E-state index contributed by atoms with van der Waals surface area (Å²) < 4.78 is 4.21. The molecule has 5 rings (SSSR count). The zero-order valence-corrected chi connectivity index (χ0v) is 12.9. The van der Waals surface area contributed by atoms with E-state index in [9.17, 15) is 0 Å². The maximum absolute atomic E-state index is 4.62. The van der Waals surface area contributed by atoms with Gasteiger partial charge >= 0.3 is 0 Å². The van der Waals surface area contributed by atoms with E-state index >= 15 is 0 Å². The Morgan fingerprint density at radius 2 is 0.958 bits per heavy atom. The zero-order valence-electron chi connectivity index (χ0n) is 12.9. The van der Waals surface area contributed by atoms with Crippen LogP contribution in [0.5, 0.6) is 0 Å². The molecular weight excluding hydrogens is 296 g/mol. The van der Waals surface area contributed by atoms with E-state index in [1.807, 2.05) is 73.6 Å². The summed E-state index contributed by atoms with van der Waals surface area (Å²) in [4.78, 5) is 9.23. The molecule has 0 saturated carbocycles. The van der Waals surface area contributed by atoms with Gasteiger partial charge in [0.15, 0.2) is 0 Å². The van der Waals surface area contributed by atoms with Gasteiger partial charge in [0.2, 0.25) is 0 Å². The molecule has 0 aliphatic rings. The second-order valence-electron chi connectivity index (χ2n) is 5.70. The van der Waals surface area contributed by atoms with Gasteiger partial charge in [-0.15, -0.1) is 0 Å². The number of pyridine rings is 2. The first kappa shape index (κ1) is 13.1. The standard InChI is InChI=1S/C20H14N4/c1-2-12-23(11-1)17-7-9-21-19-15(17)5-6-16-18(8-10-22-20(16)19)24-13-3-4-14-24/h1-14H. The summed E-state index contributed by atoms with van der Waals surface area (Å²) >= 11 is 0. The van der Waals surface area contributed by atoms with Gasteiger partial charge in [-0.25, -0.2) is 0 Å². The minimum Gasteiger partial charge on any atom is -0.323 e. The normalized spacial score (nSPS) is 11.3. The van der Waals surface area contributed by atoms with E-state index in [1.54, 1.807) is 0 Å². The number of rotatable bonds is 2. The third-order valence-electron chi connectivity index (χ3n) is 4.34. The molecule has 0 N–H and O–H groups in total. The maximum Gasteiger partial charge on any atom is 0.0986 e. The van der Waals surface area contributed by atoms with Crippen LogP contribution in [-0.2, 0) is 0 Å². The van der Waals surface area contributed by atoms with E-state index in [0.29, 0.717) is 0 Å². The zero-order chi connectivity index (χ0) is 15.9. The summed E-state index contributed by atoms with van der Waals surface area (Å²) in [6, 6.07) is 16.4. The average Bonchev–Trinajstić information content (AvgIpc) is 3.34. The minimum atomic E-state index is 0.924. The Labute approximate surface area is 138 Å². The van der Waals surface area contributed by atoms with Gasteiger partial charge < -0.3 is 9.13 Å². The fourth-order valence-corrected chi connectivity index (χ4v) is 3.24. The van der Waals surface area contributed by atoms with Crippen molar-refractivity contribution in [2.45, 2.75) is 0 Å². The van der Waals surface area contributed by atoms with Crippen LogP contribution < -0.4 is 0 Å². The lowest BCUT2D eigenvalue weighted by Crippen LogP contribution is -1.97. The lowest BCUT2D eigenvalue weighted by atomic mass is 10.1. The van der Waals surface area contributed by atoms with Gasteiger partial charge in [-0.2, -0.15) is 0 Å². The number of nitrogens with zero attached hydrogens (tertiary/aromatic N) is 4. The molecule has 4 heterocycles. The molecule has 4 heteroatoms. The van der Waals surface area contributed by atoms with Gasteiger partial charge in [0.1, 0.15) is 0 Å². The summed E-state index contributed by atoms with van der Waals surface area (Å²) in [5.74, 6) is 0. The molecule has 24 heavy (non-hydrogen) atoms. The molecule has 5 aromatic rings. The molecule has 0 bridgehead atoms. The lowest BCUT2D eigenvalue weighted by molar-refractivity contribution is 1.08. The van der Waals surface area contributed by atoms with Gasteiger partial charge in [0.05, 0.1) is 22.4 Å². The highest BCUT2D eigenvalue weighted by Gasteiger charge is 2.11. The number of benzene rings is 1. The van der Waals surface area contributed by atoms with E-state index in [2.05, 4.69) is 31.2 Å². The van der Waals surface area contributed by atoms with Crippen molar-refractivity contribution in [3.8, 4) is 11.4 Å². The predicted octanol–water partition coefficient (Wildman–Crippen LogP) is 4.36. The van der Waals surface area contributed by atoms with Crippen LogP contribution in [0.4, 0.5) is 0 Å². The summed E-state index contributed by atoms with van der Waals surface area (Å²) in [6.07, 6.45) is 11.9. The molecule has 4 nitrogen and oxygen atoms in total. The monoisotopic (exact) mass is 310 g/mol. The molecule has 0 fully saturated rings. The largest absolute Gasteiger partial charge is 0.323 e. The van der Waals surface area contributed by atoms with Crippen molar-refractivity contribution in [2.75, 3.05) is 0 Å². The molecule has 0 amide bonds. The van der Waals surface area contributed by atoms with E-state index in [0.717, 1.165) is 33.2 Å². The van der Waals surface area contributed by atoms with E-state index in [1.165, 1.54) is 0 Å². The lowest BCUT2D eigenvalue weighted by Gasteiger charge is -2.11. The van der Waals surface area contributed by atoms with Crippen LogP contribution in [0.3, 0.4) is 0 Å². The van der Waals surface area contributed by atoms with E-state index < -0.39 is 0 Å². The average molecular weight is 310 g/mol. The van der Waals surface area contributed by atoms with Crippen LogP contribution >= 0.6 is 0 Å². The molecule has 0 unspecified atom stereocenters. The number of hydrogen-bond acceptors (Lipinski definition) is 2. The number of hydrogen-bond donors (Lipinski definition) is 0. The van der Waals surface area contributed by atoms with Crippen LogP contribution in [0, 0.1) is 0 Å². The first-order valence-electron chi connectivity index (χ1n) is 7.85. The third-order valence-corrected chi connectivity index (χ3v) is 4.34. The van der Waals surface area contributed by atoms with E-state index in [4.69, 9.17) is 0 Å². The molecule has 0 atom stereocenters. The Hall–Kier alpha value is -3.40. The van der Waals surface area contributed by atoms with Crippen LogP contribution in [0.25, 0.3) is 33.2 Å². The van der Waals surface area contributed by atoms with Crippen LogP contribution in [0.1, 0.15) is 0 Å². The van der Waals surface area contributed by atoms with Crippen molar-refractivity contribution in [2.24, 2.45) is 0 Å². The molecule has 0 spiro atoms. The summed E-state index contributed by atoms with van der Waals surface area (Å²) in [6.45, 7) is 0. The molecule has 1 aromatic carbocycles. The number of aromatic nitrogens is 4. The molecule has 0 aliphatic heterocycles. The van der Waals surface area contributed by atoms with Crippen molar-refractivity contribution in [1.82, 2.24) is 19.1 Å². The summed E-state index contributed by atoms with van der Waals surface area (Å²) in [5, 5.41) is 2.19. The highest BCUT2D eigenvalue weighted by atomic mass is 15.0. The van der Waals surface area contributed by atoms with Crippen molar-refractivity contribution >= 4 is 21.8 Å². The molecule has 0 radical (unpaired) electrons. The van der Waals surface area contributed by atoms with Crippen molar-refractivity contribution in [3.05, 3.63) is 85.7 Å². The fraction of sp³-hybridized carbons (Fsp3) is 0. The van der Waals surface area contributed by atoms with Crippen LogP contribution in [0.2, 0.25) is 0 Å². The van der Waals surface area contributed by atoms with Gasteiger partial charge in [0.25, 0.3) is 0 Å². The minimum absolute atomic E-state index is 0.924. The smallest absolute Gasteiger partial charge is 0.0986 e. The quantitative estimate of drug-likeness (QED) is 0.454. The highest BCUT2D eigenvalue weighted by Crippen LogP contribution is 2.29. The topological polar surface area (TPSA) is 35.6 Å². The van der Waals surface area contributed by atoms with Crippen molar-refractivity contribution in [3.63, 3.8) is 0 Å². The molecule has 0 aliphatic carbocycles. The van der Waals surface area contributed by atoms with Crippen LogP contribution in [0.15, 0.2) is 85.7 Å². The van der Waals surface area contributed by atoms with Crippen molar-refractivity contribution in [1.29, 1.82) is 0 Å². The third kappa shape index (κ3) is 1.86.